The molecule has 1 aliphatic rings. The fraction of sp³-hybridized carbons (Fsp3) is 0.471. The number of rotatable bonds is 2. The zero-order chi connectivity index (χ0) is 15.0. The highest BCUT2D eigenvalue weighted by Gasteiger charge is 2.23. The monoisotopic (exact) mass is 286 g/mol. The van der Waals surface area contributed by atoms with E-state index in [0.29, 0.717) is 0 Å². The Morgan fingerprint density at radius 3 is 2.57 bits per heavy atom. The van der Waals surface area contributed by atoms with E-state index in [9.17, 15) is 0 Å². The van der Waals surface area contributed by atoms with E-state index >= 15 is 0 Å². The van der Waals surface area contributed by atoms with E-state index in [4.69, 9.17) is 14.5 Å². The molecule has 4 heteroatoms. The van der Waals surface area contributed by atoms with Gasteiger partial charge in [0.1, 0.15) is 11.6 Å². The summed E-state index contributed by atoms with van der Waals surface area (Å²) in [5.74, 6) is 1.87. The van der Waals surface area contributed by atoms with E-state index in [1.165, 1.54) is 10.9 Å². The molecule has 1 aromatic carbocycles. The fourth-order valence-electron chi connectivity index (χ4n) is 3.02. The van der Waals surface area contributed by atoms with E-state index in [-0.39, 0.29) is 12.2 Å². The molecule has 1 aliphatic heterocycles. The Bertz CT molecular complexity index is 647. The number of methoxy groups -OCH3 is 1. The predicted octanol–water partition coefficient (Wildman–Crippen LogP) is 3.17. The average Bonchev–Trinajstić information content (AvgIpc) is 2.45. The molecule has 21 heavy (non-hydrogen) atoms. The van der Waals surface area contributed by atoms with Crippen LogP contribution in [0.25, 0.3) is 10.9 Å². The molecular formula is C17H22N2O2. The summed E-state index contributed by atoms with van der Waals surface area (Å²) in [4.78, 5) is 7.14. The minimum Gasteiger partial charge on any atom is -0.497 e. The first-order valence-corrected chi connectivity index (χ1v) is 7.42. The molecule has 0 bridgehead atoms. The Morgan fingerprint density at radius 2 is 1.90 bits per heavy atom. The normalized spacial score (nSPS) is 22.6. The summed E-state index contributed by atoms with van der Waals surface area (Å²) in [6, 6.07) is 8.22. The van der Waals surface area contributed by atoms with Crippen LogP contribution >= 0.6 is 0 Å². The van der Waals surface area contributed by atoms with E-state index < -0.39 is 0 Å². The second-order valence-corrected chi connectivity index (χ2v) is 5.84. The third-order valence-electron chi connectivity index (χ3n) is 3.95. The van der Waals surface area contributed by atoms with Crippen molar-refractivity contribution in [3.05, 3.63) is 29.8 Å². The Labute approximate surface area is 125 Å². The third-order valence-corrected chi connectivity index (χ3v) is 3.95. The molecule has 2 heterocycles. The number of morpholine rings is 1. The van der Waals surface area contributed by atoms with Crippen molar-refractivity contribution in [1.82, 2.24) is 4.98 Å². The van der Waals surface area contributed by atoms with Gasteiger partial charge in [0.2, 0.25) is 0 Å². The van der Waals surface area contributed by atoms with E-state index in [1.807, 2.05) is 12.1 Å². The van der Waals surface area contributed by atoms with Gasteiger partial charge in [-0.25, -0.2) is 4.98 Å². The van der Waals surface area contributed by atoms with Crippen LogP contribution < -0.4 is 9.64 Å². The summed E-state index contributed by atoms with van der Waals surface area (Å²) >= 11 is 0. The van der Waals surface area contributed by atoms with Crippen LogP contribution in [0.4, 0.5) is 5.82 Å². The first-order valence-electron chi connectivity index (χ1n) is 7.42. The quantitative estimate of drug-likeness (QED) is 0.849. The minimum atomic E-state index is 0.233. The molecule has 112 valence electrons. The van der Waals surface area contributed by atoms with Crippen molar-refractivity contribution in [3.8, 4) is 5.75 Å². The number of hydrogen-bond donors (Lipinski definition) is 0. The van der Waals surface area contributed by atoms with Crippen LogP contribution in [-0.2, 0) is 4.74 Å². The molecule has 1 fully saturated rings. The van der Waals surface area contributed by atoms with Gasteiger partial charge in [-0.1, -0.05) is 0 Å². The topological polar surface area (TPSA) is 34.6 Å². The van der Waals surface area contributed by atoms with Crippen LogP contribution in [0, 0.1) is 6.92 Å². The van der Waals surface area contributed by atoms with Crippen LogP contribution in [0.2, 0.25) is 0 Å². The molecule has 0 unspecified atom stereocenters. The Morgan fingerprint density at radius 1 is 1.19 bits per heavy atom. The van der Waals surface area contributed by atoms with Gasteiger partial charge in [0.15, 0.2) is 0 Å². The van der Waals surface area contributed by atoms with Crippen LogP contribution in [0.1, 0.15) is 19.4 Å². The highest BCUT2D eigenvalue weighted by Crippen LogP contribution is 2.27. The summed E-state index contributed by atoms with van der Waals surface area (Å²) in [6.45, 7) is 8.12. The minimum absolute atomic E-state index is 0.233. The zero-order valence-corrected chi connectivity index (χ0v) is 13.1. The summed E-state index contributed by atoms with van der Waals surface area (Å²) in [7, 11) is 1.68. The molecule has 1 aromatic heterocycles. The van der Waals surface area contributed by atoms with Crippen LogP contribution in [0.5, 0.6) is 5.75 Å². The lowest BCUT2D eigenvalue weighted by Gasteiger charge is -2.36. The number of nitrogens with zero attached hydrogens (tertiary/aromatic N) is 2. The molecule has 3 rings (SSSR count). The van der Waals surface area contributed by atoms with Crippen molar-refractivity contribution in [2.24, 2.45) is 0 Å². The van der Waals surface area contributed by atoms with Crippen molar-refractivity contribution in [1.29, 1.82) is 0 Å². The maximum atomic E-state index is 5.80. The summed E-state index contributed by atoms with van der Waals surface area (Å²) in [6.07, 6.45) is 0.466. The van der Waals surface area contributed by atoms with E-state index in [0.717, 1.165) is 30.2 Å². The van der Waals surface area contributed by atoms with Crippen molar-refractivity contribution in [2.45, 2.75) is 33.0 Å². The molecule has 4 nitrogen and oxygen atoms in total. The van der Waals surface area contributed by atoms with Crippen LogP contribution in [0.15, 0.2) is 24.3 Å². The first-order chi connectivity index (χ1) is 10.1. The number of anilines is 1. The third kappa shape index (κ3) is 2.81. The first kappa shape index (κ1) is 14.1. The van der Waals surface area contributed by atoms with Gasteiger partial charge >= 0.3 is 0 Å². The molecule has 0 amide bonds. The number of aromatic nitrogens is 1. The van der Waals surface area contributed by atoms with Crippen LogP contribution in [0.3, 0.4) is 0 Å². The Balaban J connectivity index is 2.02. The molecular weight excluding hydrogens is 264 g/mol. The van der Waals surface area contributed by atoms with Crippen molar-refractivity contribution < 1.29 is 9.47 Å². The second kappa shape index (κ2) is 5.53. The lowest BCUT2D eigenvalue weighted by Crippen LogP contribution is -2.45. The highest BCUT2D eigenvalue weighted by molar-refractivity contribution is 5.85. The molecule has 0 aliphatic carbocycles. The van der Waals surface area contributed by atoms with Crippen molar-refractivity contribution in [3.63, 3.8) is 0 Å². The lowest BCUT2D eigenvalue weighted by molar-refractivity contribution is -0.00544. The van der Waals surface area contributed by atoms with Crippen molar-refractivity contribution >= 4 is 16.7 Å². The molecule has 0 radical (unpaired) electrons. The maximum absolute atomic E-state index is 5.80. The van der Waals surface area contributed by atoms with E-state index in [1.54, 1.807) is 7.11 Å². The molecule has 2 atom stereocenters. The largest absolute Gasteiger partial charge is 0.497 e. The second-order valence-electron chi connectivity index (χ2n) is 5.84. The standard InChI is InChI=1S/C17H22N2O2/c1-11-7-17(19-9-12(2)21-13(3)10-19)18-16-8-14(20-4)5-6-15(11)16/h5-8,12-13H,9-10H2,1-4H3/t12-,13-/m1/s1. The molecule has 1 saturated heterocycles. The number of pyridine rings is 1. The number of ether oxygens (including phenoxy) is 2. The van der Waals surface area contributed by atoms with Gasteiger partial charge in [0.05, 0.1) is 24.8 Å². The van der Waals surface area contributed by atoms with Gasteiger partial charge in [-0.3, -0.25) is 0 Å². The number of fused-ring (bicyclic) bond motifs is 1. The Hall–Kier alpha value is -1.81. The smallest absolute Gasteiger partial charge is 0.129 e. The van der Waals surface area contributed by atoms with Gasteiger partial charge in [-0.15, -0.1) is 0 Å². The van der Waals surface area contributed by atoms with Gasteiger partial charge in [0, 0.05) is 24.5 Å². The molecule has 0 N–H and O–H groups in total. The number of benzene rings is 1. The van der Waals surface area contributed by atoms with Gasteiger partial charge in [-0.2, -0.15) is 0 Å². The van der Waals surface area contributed by atoms with Gasteiger partial charge in [-0.05, 0) is 44.5 Å². The summed E-state index contributed by atoms with van der Waals surface area (Å²) < 4.78 is 11.1. The lowest BCUT2D eigenvalue weighted by atomic mass is 10.1. The van der Waals surface area contributed by atoms with Crippen molar-refractivity contribution in [2.75, 3.05) is 25.1 Å². The maximum Gasteiger partial charge on any atom is 0.129 e. The highest BCUT2D eigenvalue weighted by atomic mass is 16.5. The molecule has 2 aromatic rings. The summed E-state index contributed by atoms with van der Waals surface area (Å²) in [5, 5.41) is 1.17. The average molecular weight is 286 g/mol. The fourth-order valence-corrected chi connectivity index (χ4v) is 3.02. The van der Waals surface area contributed by atoms with Crippen LogP contribution in [-0.4, -0.2) is 37.4 Å². The number of hydrogen-bond acceptors (Lipinski definition) is 4. The van der Waals surface area contributed by atoms with Gasteiger partial charge < -0.3 is 14.4 Å². The predicted molar refractivity (Wildman–Crippen MR) is 85.3 cm³/mol. The van der Waals surface area contributed by atoms with Gasteiger partial charge in [0.25, 0.3) is 0 Å². The number of aryl methyl sites for hydroxylation is 1. The SMILES string of the molecule is COc1ccc2c(C)cc(N3C[C@@H](C)O[C@H](C)C3)nc2c1. The molecule has 0 spiro atoms. The zero-order valence-electron chi connectivity index (χ0n) is 13.1. The van der Waals surface area contributed by atoms with E-state index in [2.05, 4.69) is 37.8 Å². The molecule has 0 saturated carbocycles. The Kier molecular flexibility index (Phi) is 3.72. The summed E-state index contributed by atoms with van der Waals surface area (Å²) in [5.41, 5.74) is 2.22.